The summed E-state index contributed by atoms with van der Waals surface area (Å²) in [6.07, 6.45) is -2.70. The van der Waals surface area contributed by atoms with E-state index in [0.717, 1.165) is 12.5 Å². The molecule has 0 amide bonds. The van der Waals surface area contributed by atoms with Gasteiger partial charge in [0.2, 0.25) is 0 Å². The number of halogens is 3. The highest BCUT2D eigenvalue weighted by Crippen LogP contribution is 2.29. The fourth-order valence-electron chi connectivity index (χ4n) is 1.42. The van der Waals surface area contributed by atoms with E-state index in [0.29, 0.717) is 6.07 Å². The lowest BCUT2D eigenvalue weighted by molar-refractivity contribution is -0.141. The van der Waals surface area contributed by atoms with E-state index >= 15 is 0 Å². The van der Waals surface area contributed by atoms with Crippen LogP contribution in [0.3, 0.4) is 0 Å². The third-order valence-electron chi connectivity index (χ3n) is 2.37. The lowest BCUT2D eigenvalue weighted by atomic mass is 10.3. The van der Waals surface area contributed by atoms with E-state index < -0.39 is 27.7 Å². The molecule has 0 fully saturated rings. The van der Waals surface area contributed by atoms with Gasteiger partial charge in [-0.15, -0.1) is 0 Å². The van der Waals surface area contributed by atoms with Gasteiger partial charge in [-0.3, -0.25) is 0 Å². The van der Waals surface area contributed by atoms with E-state index in [4.69, 9.17) is 4.74 Å². The van der Waals surface area contributed by atoms with Gasteiger partial charge in [-0.05, 0) is 24.3 Å². The number of ether oxygens (including phenoxy) is 1. The maximum absolute atomic E-state index is 12.5. The van der Waals surface area contributed by atoms with Gasteiger partial charge in [-0.25, -0.2) is 13.4 Å². The molecule has 9 heteroatoms. The normalized spacial score (nSPS) is 12.2. The van der Waals surface area contributed by atoms with Gasteiger partial charge in [0.25, 0.3) is 0 Å². The molecule has 0 aliphatic carbocycles. The Hall–Kier alpha value is -2.16. The summed E-state index contributed by atoms with van der Waals surface area (Å²) >= 11 is 0. The van der Waals surface area contributed by atoms with Gasteiger partial charge in [-0.2, -0.15) is 18.2 Å². The fraction of sp³-hybridized carbons (Fsp3) is 0.167. The molecule has 0 atom stereocenters. The van der Waals surface area contributed by atoms with Crippen molar-refractivity contribution >= 4 is 9.84 Å². The Morgan fingerprint density at radius 3 is 2.52 bits per heavy atom. The first-order chi connectivity index (χ1) is 9.66. The third kappa shape index (κ3) is 3.91. The third-order valence-corrected chi connectivity index (χ3v) is 3.48. The lowest BCUT2D eigenvalue weighted by Gasteiger charge is -2.08. The molecule has 0 saturated heterocycles. The molecular weight excluding hydrogens is 309 g/mol. The second kappa shape index (κ2) is 5.32. The van der Waals surface area contributed by atoms with Crippen LogP contribution in [0, 0.1) is 0 Å². The summed E-state index contributed by atoms with van der Waals surface area (Å²) in [5.41, 5.74) is -1.15. The predicted octanol–water partition coefficient (Wildman–Crippen LogP) is 2.69. The van der Waals surface area contributed by atoms with Crippen LogP contribution in [0.4, 0.5) is 13.2 Å². The van der Waals surface area contributed by atoms with Gasteiger partial charge < -0.3 is 4.74 Å². The van der Waals surface area contributed by atoms with Crippen molar-refractivity contribution in [3.63, 3.8) is 0 Å². The van der Waals surface area contributed by atoms with Gasteiger partial charge in [0.15, 0.2) is 15.5 Å². The van der Waals surface area contributed by atoms with E-state index in [1.165, 1.54) is 24.3 Å². The zero-order valence-corrected chi connectivity index (χ0v) is 11.4. The topological polar surface area (TPSA) is 69.2 Å². The molecule has 2 rings (SSSR count). The van der Waals surface area contributed by atoms with Crippen molar-refractivity contribution in [3.8, 4) is 11.8 Å². The average molecular weight is 318 g/mol. The molecule has 112 valence electrons. The highest BCUT2D eigenvalue weighted by Gasteiger charge is 2.33. The quantitative estimate of drug-likeness (QED) is 0.870. The molecule has 0 saturated carbocycles. The molecule has 0 bridgehead atoms. The Morgan fingerprint density at radius 2 is 1.90 bits per heavy atom. The second-order valence-electron chi connectivity index (χ2n) is 4.07. The standard InChI is InChI=1S/C12H9F3N2O3S/c1-21(18,19)9-4-2-3-8(7-9)20-11-16-6-5-10(17-11)12(13,14)15/h2-7H,1H3. The summed E-state index contributed by atoms with van der Waals surface area (Å²) in [6.45, 7) is 0. The van der Waals surface area contributed by atoms with Crippen LogP contribution in [-0.4, -0.2) is 24.6 Å². The van der Waals surface area contributed by atoms with E-state index in [-0.39, 0.29) is 10.6 Å². The summed E-state index contributed by atoms with van der Waals surface area (Å²) in [5, 5.41) is 0. The zero-order chi connectivity index (χ0) is 15.7. The number of rotatable bonds is 3. The minimum absolute atomic E-state index is 0.0213. The van der Waals surface area contributed by atoms with Crippen molar-refractivity contribution in [2.75, 3.05) is 6.26 Å². The number of alkyl halides is 3. The van der Waals surface area contributed by atoms with Gasteiger partial charge >= 0.3 is 12.2 Å². The summed E-state index contributed by atoms with van der Waals surface area (Å²) in [4.78, 5) is 6.76. The number of hydrogen-bond acceptors (Lipinski definition) is 5. The van der Waals surface area contributed by atoms with Crippen LogP contribution in [0.15, 0.2) is 41.4 Å². The van der Waals surface area contributed by atoms with Crippen molar-refractivity contribution in [2.45, 2.75) is 11.1 Å². The Labute approximate surface area is 118 Å². The second-order valence-corrected chi connectivity index (χ2v) is 6.09. The van der Waals surface area contributed by atoms with Gasteiger partial charge in [0.05, 0.1) is 4.90 Å². The van der Waals surface area contributed by atoms with Crippen LogP contribution in [0.2, 0.25) is 0 Å². The Kier molecular flexibility index (Phi) is 3.86. The van der Waals surface area contributed by atoms with Gasteiger partial charge in [0.1, 0.15) is 5.75 Å². The highest BCUT2D eigenvalue weighted by atomic mass is 32.2. The SMILES string of the molecule is CS(=O)(=O)c1cccc(Oc2nccc(C(F)(F)F)n2)c1. The molecular formula is C12H9F3N2O3S. The molecule has 0 aliphatic heterocycles. The first-order valence-electron chi connectivity index (χ1n) is 5.54. The molecule has 1 aromatic heterocycles. The highest BCUT2D eigenvalue weighted by molar-refractivity contribution is 7.90. The van der Waals surface area contributed by atoms with E-state index in [9.17, 15) is 21.6 Å². The maximum atomic E-state index is 12.5. The van der Waals surface area contributed by atoms with Crippen molar-refractivity contribution in [1.82, 2.24) is 9.97 Å². The molecule has 0 aliphatic rings. The number of benzene rings is 1. The minimum Gasteiger partial charge on any atom is -0.424 e. The van der Waals surface area contributed by atoms with E-state index in [1.54, 1.807) is 0 Å². The maximum Gasteiger partial charge on any atom is 0.433 e. The molecule has 0 N–H and O–H groups in total. The predicted molar refractivity (Wildman–Crippen MR) is 66.7 cm³/mol. The van der Waals surface area contributed by atoms with Crippen molar-refractivity contribution in [3.05, 3.63) is 42.2 Å². The molecule has 5 nitrogen and oxygen atoms in total. The van der Waals surface area contributed by atoms with Crippen molar-refractivity contribution in [1.29, 1.82) is 0 Å². The molecule has 21 heavy (non-hydrogen) atoms. The molecule has 0 unspecified atom stereocenters. The lowest BCUT2D eigenvalue weighted by Crippen LogP contribution is -2.09. The molecule has 1 heterocycles. The molecule has 1 aromatic carbocycles. The summed E-state index contributed by atoms with van der Waals surface area (Å²) < 4.78 is 65.3. The van der Waals surface area contributed by atoms with Crippen LogP contribution in [-0.2, 0) is 16.0 Å². The largest absolute Gasteiger partial charge is 0.433 e. The fourth-order valence-corrected chi connectivity index (χ4v) is 2.08. The van der Waals surface area contributed by atoms with Crippen LogP contribution in [0.5, 0.6) is 11.8 Å². The Balaban J connectivity index is 2.31. The van der Waals surface area contributed by atoms with Crippen LogP contribution >= 0.6 is 0 Å². The number of aromatic nitrogens is 2. The van der Waals surface area contributed by atoms with Crippen LogP contribution in [0.25, 0.3) is 0 Å². The van der Waals surface area contributed by atoms with E-state index in [1.807, 2.05) is 0 Å². The monoisotopic (exact) mass is 318 g/mol. The molecule has 0 spiro atoms. The smallest absolute Gasteiger partial charge is 0.424 e. The Bertz CT molecular complexity index is 760. The van der Waals surface area contributed by atoms with E-state index in [2.05, 4.69) is 9.97 Å². The molecule has 0 radical (unpaired) electrons. The van der Waals surface area contributed by atoms with Gasteiger partial charge in [0, 0.05) is 12.5 Å². The minimum atomic E-state index is -4.62. The number of hydrogen-bond donors (Lipinski definition) is 0. The Morgan fingerprint density at radius 1 is 1.19 bits per heavy atom. The average Bonchev–Trinajstić information content (AvgIpc) is 2.37. The number of sulfone groups is 1. The molecule has 2 aromatic rings. The van der Waals surface area contributed by atoms with Gasteiger partial charge in [-0.1, -0.05) is 6.07 Å². The van der Waals surface area contributed by atoms with Crippen LogP contribution in [0.1, 0.15) is 5.69 Å². The zero-order valence-electron chi connectivity index (χ0n) is 10.6. The van der Waals surface area contributed by atoms with Crippen molar-refractivity contribution < 1.29 is 26.3 Å². The summed E-state index contributed by atoms with van der Waals surface area (Å²) in [6, 6.07) is 5.50. The number of nitrogens with zero attached hydrogens (tertiary/aromatic N) is 2. The van der Waals surface area contributed by atoms with Crippen molar-refractivity contribution in [2.24, 2.45) is 0 Å². The first kappa shape index (κ1) is 15.2. The summed E-state index contributed by atoms with van der Waals surface area (Å²) in [7, 11) is -3.45. The summed E-state index contributed by atoms with van der Waals surface area (Å²) in [5.74, 6) is 0.0252. The van der Waals surface area contributed by atoms with Crippen LogP contribution < -0.4 is 4.74 Å². The first-order valence-corrected chi connectivity index (χ1v) is 7.43.